The van der Waals surface area contributed by atoms with Crippen molar-refractivity contribution in [2.45, 2.75) is 24.7 Å². The van der Waals surface area contributed by atoms with Crippen LogP contribution >= 0.6 is 0 Å². The summed E-state index contributed by atoms with van der Waals surface area (Å²) in [6, 6.07) is 89.8. The highest BCUT2D eigenvalue weighted by Crippen LogP contribution is 2.64. The molecule has 1 atom stereocenters. The summed E-state index contributed by atoms with van der Waals surface area (Å²) < 4.78 is 0. The van der Waals surface area contributed by atoms with E-state index in [9.17, 15) is 0 Å². The first kappa shape index (κ1) is 38.6. The fourth-order valence-electron chi connectivity index (χ4n) is 13.3. The van der Waals surface area contributed by atoms with E-state index in [-0.39, 0.29) is 5.41 Å². The number of hydrogen-bond acceptors (Lipinski definition) is 1. The molecule has 0 bridgehead atoms. The molecule has 69 heavy (non-hydrogen) atoms. The molecule has 1 spiro atoms. The smallest absolute Gasteiger partial charge is 0.0726 e. The molecule has 15 rings (SSSR count). The second kappa shape index (κ2) is 14.0. The molecule has 3 aliphatic carbocycles. The Morgan fingerprint density at radius 3 is 1.52 bits per heavy atom. The van der Waals surface area contributed by atoms with Crippen LogP contribution in [0.3, 0.4) is 0 Å². The lowest BCUT2D eigenvalue weighted by atomic mass is 9.65. The predicted octanol–water partition coefficient (Wildman–Crippen LogP) is 18.0. The molecule has 0 amide bonds. The fraction of sp³-hybridized carbons (Fsp3) is 0.0588. The van der Waals surface area contributed by atoms with Gasteiger partial charge in [0.1, 0.15) is 0 Å². The van der Waals surface area contributed by atoms with E-state index in [2.05, 4.69) is 255 Å². The van der Waals surface area contributed by atoms with Crippen LogP contribution in [0.1, 0.15) is 47.2 Å². The van der Waals surface area contributed by atoms with Gasteiger partial charge in [0.2, 0.25) is 0 Å². The van der Waals surface area contributed by atoms with Crippen LogP contribution in [0.15, 0.2) is 237 Å². The first-order valence-corrected chi connectivity index (χ1v) is 24.3. The van der Waals surface area contributed by atoms with Crippen molar-refractivity contribution < 1.29 is 0 Å². The van der Waals surface area contributed by atoms with Gasteiger partial charge in [-0.25, -0.2) is 0 Å². The lowest BCUT2D eigenvalue weighted by Gasteiger charge is -2.37. The Balaban J connectivity index is 1.08. The molecule has 3 aliphatic rings. The van der Waals surface area contributed by atoms with E-state index in [1.807, 2.05) is 0 Å². The largest absolute Gasteiger partial charge is 0.310 e. The van der Waals surface area contributed by atoms with Gasteiger partial charge in [0.15, 0.2) is 0 Å². The average molecular weight is 876 g/mol. The predicted molar refractivity (Wildman–Crippen MR) is 290 cm³/mol. The van der Waals surface area contributed by atoms with Gasteiger partial charge in [-0.1, -0.05) is 214 Å². The van der Waals surface area contributed by atoms with Crippen molar-refractivity contribution in [1.82, 2.24) is 0 Å². The molecule has 0 fully saturated rings. The number of rotatable bonds is 4. The molecule has 0 saturated heterocycles. The molecule has 0 aliphatic heterocycles. The Morgan fingerprint density at radius 1 is 0.304 bits per heavy atom. The van der Waals surface area contributed by atoms with Crippen LogP contribution in [0.2, 0.25) is 0 Å². The second-order valence-corrected chi connectivity index (χ2v) is 19.9. The van der Waals surface area contributed by atoms with Crippen molar-refractivity contribution >= 4 is 49.4 Å². The zero-order chi connectivity index (χ0) is 45.6. The zero-order valence-electron chi connectivity index (χ0n) is 38.5. The Bertz CT molecular complexity index is 4100. The van der Waals surface area contributed by atoms with Gasteiger partial charge >= 0.3 is 0 Å². The number of anilines is 3. The monoisotopic (exact) mass is 875 g/mol. The van der Waals surface area contributed by atoms with Crippen LogP contribution in [0, 0.1) is 0 Å². The molecule has 0 N–H and O–H groups in total. The number of hydrogen-bond donors (Lipinski definition) is 0. The maximum Gasteiger partial charge on any atom is 0.0726 e. The van der Waals surface area contributed by atoms with E-state index < -0.39 is 5.41 Å². The average Bonchev–Trinajstić information content (AvgIpc) is 3.79. The summed E-state index contributed by atoms with van der Waals surface area (Å²) in [6.07, 6.45) is 0. The normalized spacial score (nSPS) is 15.6. The first-order valence-electron chi connectivity index (χ1n) is 24.3. The third-order valence-corrected chi connectivity index (χ3v) is 16.2. The highest BCUT2D eigenvalue weighted by Gasteiger charge is 2.51. The minimum atomic E-state index is -0.677. The van der Waals surface area contributed by atoms with Crippen LogP contribution in [0.5, 0.6) is 0 Å². The summed E-state index contributed by atoms with van der Waals surface area (Å²) in [5, 5.41) is 7.85. The van der Waals surface area contributed by atoms with E-state index in [4.69, 9.17) is 0 Å². The highest BCUT2D eigenvalue weighted by atomic mass is 15.1. The van der Waals surface area contributed by atoms with Crippen molar-refractivity contribution in [1.29, 1.82) is 0 Å². The van der Waals surface area contributed by atoms with Crippen LogP contribution in [-0.2, 0) is 10.8 Å². The number of nitrogens with zero attached hydrogens (tertiary/aromatic N) is 1. The SMILES string of the molecule is CC1(C)c2ccccc2-c2ccc(N(c3ccc4c(c3)C3(c5ccccc5-c5ccccc5-4)c4ccccc4-c4c3cc3ccc5cccc6ccc4c3c56)c3ccccc3-c3ccccc3)cc21. The van der Waals surface area contributed by atoms with Gasteiger partial charge < -0.3 is 4.90 Å². The van der Waals surface area contributed by atoms with Crippen molar-refractivity contribution in [3.8, 4) is 55.6 Å². The van der Waals surface area contributed by atoms with E-state index in [1.165, 1.54) is 121 Å². The Morgan fingerprint density at radius 2 is 0.812 bits per heavy atom. The first-order chi connectivity index (χ1) is 34.0. The summed E-state index contributed by atoms with van der Waals surface area (Å²) in [4.78, 5) is 2.54. The van der Waals surface area contributed by atoms with E-state index in [0.29, 0.717) is 0 Å². The molecule has 0 saturated carbocycles. The summed E-state index contributed by atoms with van der Waals surface area (Å²) in [5.74, 6) is 0. The van der Waals surface area contributed by atoms with Gasteiger partial charge in [0.05, 0.1) is 11.1 Å². The number of benzene rings is 12. The third kappa shape index (κ3) is 5.09. The summed E-state index contributed by atoms with van der Waals surface area (Å²) in [5.41, 5.74) is 23.2. The number of para-hydroxylation sites is 1. The van der Waals surface area contributed by atoms with Crippen LogP contribution in [0.4, 0.5) is 17.1 Å². The molecule has 322 valence electrons. The molecule has 0 aromatic heterocycles. The topological polar surface area (TPSA) is 3.24 Å². The van der Waals surface area contributed by atoms with E-state index in [0.717, 1.165) is 17.1 Å². The van der Waals surface area contributed by atoms with Gasteiger partial charge in [-0.2, -0.15) is 0 Å². The summed E-state index contributed by atoms with van der Waals surface area (Å²) >= 11 is 0. The van der Waals surface area contributed by atoms with Gasteiger partial charge in [-0.05, 0) is 152 Å². The van der Waals surface area contributed by atoms with E-state index in [1.54, 1.807) is 0 Å². The van der Waals surface area contributed by atoms with Crippen LogP contribution < -0.4 is 4.90 Å². The maximum atomic E-state index is 2.57. The Labute approximate surface area is 402 Å². The molecular formula is C68H45N. The van der Waals surface area contributed by atoms with Crippen molar-refractivity contribution in [3.63, 3.8) is 0 Å². The summed E-state index contributed by atoms with van der Waals surface area (Å²) in [7, 11) is 0. The van der Waals surface area contributed by atoms with Crippen LogP contribution in [0.25, 0.3) is 88.0 Å². The third-order valence-electron chi connectivity index (χ3n) is 16.2. The van der Waals surface area contributed by atoms with Crippen LogP contribution in [-0.4, -0.2) is 0 Å². The Hall–Kier alpha value is -8.52. The van der Waals surface area contributed by atoms with Crippen molar-refractivity contribution in [2.75, 3.05) is 4.90 Å². The maximum absolute atomic E-state index is 2.57. The van der Waals surface area contributed by atoms with Crippen molar-refractivity contribution in [2.24, 2.45) is 0 Å². The van der Waals surface area contributed by atoms with Gasteiger partial charge in [0, 0.05) is 22.4 Å². The van der Waals surface area contributed by atoms with E-state index >= 15 is 0 Å². The van der Waals surface area contributed by atoms with Crippen molar-refractivity contribution in [3.05, 3.63) is 270 Å². The van der Waals surface area contributed by atoms with Gasteiger partial charge in [-0.15, -0.1) is 0 Å². The molecule has 12 aromatic rings. The van der Waals surface area contributed by atoms with Gasteiger partial charge in [-0.3, -0.25) is 0 Å². The standard InChI is InChI=1S/C68H45N/c1-67(2)57-27-12-8-25-52(57)54-38-35-46(40-60(54)67)69(63-30-15-11-21-48(63)42-17-4-3-5-18-42)47-34-37-53-50-23-7-6-22-49(50)51-24-9-13-28-58(51)68(61(53)41-47)59-29-14-10-26-55(59)66-56-36-33-44-20-16-19-43-31-32-45(39-62(66)68)65(56)64(43)44/h3-41H,1-2H3. The lowest BCUT2D eigenvalue weighted by molar-refractivity contribution is 0.660. The zero-order valence-corrected chi connectivity index (χ0v) is 38.5. The molecule has 1 nitrogen and oxygen atoms in total. The molecule has 12 aromatic carbocycles. The highest BCUT2D eigenvalue weighted by molar-refractivity contribution is 6.27. The number of fused-ring (bicyclic) bond motifs is 16. The molecule has 1 heteroatoms. The molecular weight excluding hydrogens is 831 g/mol. The second-order valence-electron chi connectivity index (χ2n) is 19.9. The van der Waals surface area contributed by atoms with Gasteiger partial charge in [0.25, 0.3) is 0 Å². The molecule has 0 heterocycles. The minimum Gasteiger partial charge on any atom is -0.310 e. The fourth-order valence-corrected chi connectivity index (χ4v) is 13.3. The molecule has 0 radical (unpaired) electrons. The molecule has 1 unspecified atom stereocenters. The summed E-state index contributed by atoms with van der Waals surface area (Å²) in [6.45, 7) is 4.77. The quantitative estimate of drug-likeness (QED) is 0.159. The lowest BCUT2D eigenvalue weighted by Crippen LogP contribution is -2.29. The Kier molecular flexibility index (Phi) is 7.83. The minimum absolute atomic E-state index is 0.168.